The van der Waals surface area contributed by atoms with Gasteiger partial charge >= 0.3 is 19.5 Å². The summed E-state index contributed by atoms with van der Waals surface area (Å²) in [7, 11) is -4.10. The first-order valence-corrected chi connectivity index (χ1v) is 8.23. The second-order valence-corrected chi connectivity index (χ2v) is 6.29. The minimum absolute atomic E-state index is 0.0129. The smallest absolute Gasteiger partial charge is 0.325 e. The number of aliphatic imine (C=N–C) groups is 1. The van der Waals surface area contributed by atoms with Gasteiger partial charge in [0.2, 0.25) is 0 Å². The molecule has 0 saturated heterocycles. The highest BCUT2D eigenvalue weighted by atomic mass is 31.2. The molecule has 0 spiro atoms. The van der Waals surface area contributed by atoms with E-state index in [0.29, 0.717) is 19.4 Å². The number of hydrogen-bond acceptors (Lipinski definition) is 6. The Kier molecular flexibility index (Phi) is 12.1. The lowest BCUT2D eigenvalue weighted by atomic mass is 10.2. The van der Waals surface area contributed by atoms with E-state index in [4.69, 9.17) is 42.9 Å². The fourth-order valence-electron chi connectivity index (χ4n) is 1.07. The molecule has 0 rings (SSSR count). The lowest BCUT2D eigenvalue weighted by Crippen LogP contribution is -2.30. The van der Waals surface area contributed by atoms with E-state index >= 15 is 0 Å². The van der Waals surface area contributed by atoms with Crippen LogP contribution in [-0.4, -0.2) is 62.7 Å². The van der Waals surface area contributed by atoms with E-state index in [1.807, 2.05) is 0 Å². The zero-order chi connectivity index (χ0) is 18.6. The summed E-state index contributed by atoms with van der Waals surface area (Å²) in [6.07, 6.45) is 0.261. The van der Waals surface area contributed by atoms with Crippen molar-refractivity contribution >= 4 is 25.5 Å². The van der Waals surface area contributed by atoms with Gasteiger partial charge in [-0.15, -0.1) is 0 Å². The van der Waals surface area contributed by atoms with Gasteiger partial charge in [-0.1, -0.05) is 0 Å². The maximum Gasteiger partial charge on any atom is 0.325 e. The molecule has 0 saturated carbocycles. The van der Waals surface area contributed by atoms with Gasteiger partial charge in [0, 0.05) is 6.54 Å². The maximum absolute atomic E-state index is 10.2. The largest absolute Gasteiger partial charge is 0.480 e. The minimum atomic E-state index is -4.10. The molecular weight excluding hydrogens is 333 g/mol. The highest BCUT2D eigenvalue weighted by Gasteiger charge is 2.18. The molecule has 0 aliphatic heterocycles. The molecule has 12 nitrogen and oxygen atoms in total. The van der Waals surface area contributed by atoms with Crippen LogP contribution >= 0.6 is 7.60 Å². The van der Waals surface area contributed by atoms with Gasteiger partial charge in [0.05, 0.1) is 6.16 Å². The van der Waals surface area contributed by atoms with Crippen LogP contribution in [0.15, 0.2) is 4.99 Å². The van der Waals surface area contributed by atoms with Crippen molar-refractivity contribution in [2.75, 3.05) is 12.7 Å². The van der Waals surface area contributed by atoms with Crippen LogP contribution in [0.4, 0.5) is 0 Å². The van der Waals surface area contributed by atoms with Crippen molar-refractivity contribution in [3.05, 3.63) is 0 Å². The van der Waals surface area contributed by atoms with Crippen molar-refractivity contribution in [3.63, 3.8) is 0 Å². The number of nitrogens with zero attached hydrogens (tertiary/aromatic N) is 1. The topological polar surface area (TPSA) is 249 Å². The molecule has 0 aliphatic rings. The van der Waals surface area contributed by atoms with Crippen molar-refractivity contribution in [2.24, 2.45) is 27.9 Å². The monoisotopic (exact) mass is 357 g/mol. The predicted octanol–water partition coefficient (Wildman–Crippen LogP) is -2.58. The van der Waals surface area contributed by atoms with Crippen LogP contribution in [0.25, 0.3) is 0 Å². The quantitative estimate of drug-likeness (QED) is 0.0920. The lowest BCUT2D eigenvalue weighted by molar-refractivity contribution is -0.139. The second kappa shape index (κ2) is 11.8. The van der Waals surface area contributed by atoms with Gasteiger partial charge in [0.25, 0.3) is 0 Å². The first-order chi connectivity index (χ1) is 10.4. The van der Waals surface area contributed by atoms with Crippen molar-refractivity contribution < 1.29 is 34.2 Å². The van der Waals surface area contributed by atoms with E-state index in [2.05, 4.69) is 4.99 Å². The highest BCUT2D eigenvalue weighted by Crippen LogP contribution is 2.35. The number of carboxylic acids is 2. The molecule has 1 unspecified atom stereocenters. The number of hydrogen-bond donors (Lipinski definition) is 8. The fourth-order valence-corrected chi connectivity index (χ4v) is 1.69. The Balaban J connectivity index is 0. The Morgan fingerprint density at radius 1 is 1.00 bits per heavy atom. The Morgan fingerprint density at radius 3 is 1.78 bits per heavy atom. The first-order valence-electron chi connectivity index (χ1n) is 6.43. The van der Waals surface area contributed by atoms with Crippen molar-refractivity contribution in [3.8, 4) is 0 Å². The number of nitrogens with two attached hydrogens (primary N) is 4. The van der Waals surface area contributed by atoms with Crippen molar-refractivity contribution in [1.29, 1.82) is 0 Å². The summed E-state index contributed by atoms with van der Waals surface area (Å²) in [5, 5.41) is 16.6. The van der Waals surface area contributed by atoms with Crippen LogP contribution < -0.4 is 22.9 Å². The van der Waals surface area contributed by atoms with E-state index < -0.39 is 37.8 Å². The van der Waals surface area contributed by atoms with Crippen LogP contribution in [0, 0.1) is 0 Å². The van der Waals surface area contributed by atoms with Gasteiger partial charge in [-0.3, -0.25) is 19.1 Å². The van der Waals surface area contributed by atoms with Gasteiger partial charge in [-0.05, 0) is 19.3 Å². The molecular formula is C10H24N5O7P. The predicted molar refractivity (Wildman–Crippen MR) is 82.7 cm³/mol. The number of carbonyl (C=O) groups is 2. The summed E-state index contributed by atoms with van der Waals surface area (Å²) >= 11 is 0. The molecule has 13 heteroatoms. The molecule has 0 heterocycles. The van der Waals surface area contributed by atoms with Crippen molar-refractivity contribution in [1.82, 2.24) is 0 Å². The van der Waals surface area contributed by atoms with Crippen LogP contribution in [0.5, 0.6) is 0 Å². The second-order valence-electron chi connectivity index (χ2n) is 4.52. The Labute approximate surface area is 132 Å². The molecule has 0 aromatic carbocycles. The molecule has 12 N–H and O–H groups in total. The molecule has 0 amide bonds. The lowest BCUT2D eigenvalue weighted by Gasteiger charge is -2.06. The molecule has 0 radical (unpaired) electrons. The van der Waals surface area contributed by atoms with E-state index in [9.17, 15) is 14.2 Å². The van der Waals surface area contributed by atoms with Crippen LogP contribution in [-0.2, 0) is 14.2 Å². The SMILES string of the molecule is NC(CCP(=O)(O)O)C(=O)O.NC(N)=NCCC[C@H](N)C(=O)O. The third kappa shape index (κ3) is 18.2. The summed E-state index contributed by atoms with van der Waals surface area (Å²) in [5.74, 6) is -2.24. The molecule has 136 valence electrons. The summed E-state index contributed by atoms with van der Waals surface area (Å²) in [5.41, 5.74) is 20.3. The number of aliphatic carboxylic acids is 2. The van der Waals surface area contributed by atoms with Gasteiger partial charge in [-0.2, -0.15) is 0 Å². The Bertz CT molecular complexity index is 449. The van der Waals surface area contributed by atoms with Gasteiger partial charge in [0.15, 0.2) is 5.96 Å². The van der Waals surface area contributed by atoms with E-state index in [0.717, 1.165) is 0 Å². The third-order valence-corrected chi connectivity index (χ3v) is 3.17. The first kappa shape index (κ1) is 23.5. The summed E-state index contributed by atoms with van der Waals surface area (Å²) in [4.78, 5) is 40.6. The number of guanidine groups is 1. The molecule has 23 heavy (non-hydrogen) atoms. The standard InChI is InChI=1S/C6H14N4O2.C4H10NO5P/c7-4(5(11)12)2-1-3-10-6(8)9;5-3(4(6)7)1-2-11(8,9)10/h4H,1-3,7H2,(H,11,12)(H4,8,9,10);3H,1-2,5H2,(H,6,7)(H2,8,9,10)/t4-;/m0./s1. The minimum Gasteiger partial charge on any atom is -0.480 e. The summed E-state index contributed by atoms with van der Waals surface area (Å²) in [6.45, 7) is 0.420. The maximum atomic E-state index is 10.2. The van der Waals surface area contributed by atoms with E-state index in [1.54, 1.807) is 0 Å². The van der Waals surface area contributed by atoms with Gasteiger partial charge in [0.1, 0.15) is 12.1 Å². The molecule has 0 bridgehead atoms. The number of rotatable bonds is 9. The Morgan fingerprint density at radius 2 is 1.43 bits per heavy atom. The molecule has 2 atom stereocenters. The zero-order valence-electron chi connectivity index (χ0n) is 12.4. The summed E-state index contributed by atoms with van der Waals surface area (Å²) in [6, 6.07) is -2.01. The van der Waals surface area contributed by atoms with Gasteiger partial charge in [-0.25, -0.2) is 0 Å². The average Bonchev–Trinajstić information content (AvgIpc) is 2.40. The average molecular weight is 357 g/mol. The third-order valence-electron chi connectivity index (χ3n) is 2.33. The van der Waals surface area contributed by atoms with Crippen molar-refractivity contribution in [2.45, 2.75) is 31.3 Å². The fraction of sp³-hybridized carbons (Fsp3) is 0.700. The summed E-state index contributed by atoms with van der Waals surface area (Å²) < 4.78 is 10.2. The molecule has 0 aromatic rings. The Hall–Kier alpha value is -1.72. The zero-order valence-corrected chi connectivity index (χ0v) is 13.3. The molecule has 0 aliphatic carbocycles. The van der Waals surface area contributed by atoms with E-state index in [-0.39, 0.29) is 12.4 Å². The van der Waals surface area contributed by atoms with Crippen LogP contribution in [0.1, 0.15) is 19.3 Å². The van der Waals surface area contributed by atoms with Gasteiger partial charge < -0.3 is 42.9 Å². The van der Waals surface area contributed by atoms with Crippen LogP contribution in [0.2, 0.25) is 0 Å². The van der Waals surface area contributed by atoms with E-state index in [1.165, 1.54) is 0 Å². The normalized spacial score (nSPS) is 13.2. The molecule has 0 aromatic heterocycles. The highest BCUT2D eigenvalue weighted by molar-refractivity contribution is 7.51. The van der Waals surface area contributed by atoms with Crippen LogP contribution in [0.3, 0.4) is 0 Å². The molecule has 0 fully saturated rings. The number of carboxylic acid groups (broad SMARTS) is 2.